The number of amides is 4. The number of nitrogens with zero attached hydrogens (tertiary/aromatic N) is 4. The summed E-state index contributed by atoms with van der Waals surface area (Å²) in [5.41, 5.74) is 1.21. The molecule has 0 aromatic heterocycles. The molecule has 0 aliphatic carbocycles. The summed E-state index contributed by atoms with van der Waals surface area (Å²) >= 11 is 5.91. The van der Waals surface area contributed by atoms with E-state index in [0.717, 1.165) is 24.7 Å². The first kappa shape index (κ1) is 19.6. The summed E-state index contributed by atoms with van der Waals surface area (Å²) in [5, 5.41) is 0.734. The van der Waals surface area contributed by atoms with Crippen LogP contribution in [0.4, 0.5) is 4.79 Å². The predicted octanol–water partition coefficient (Wildman–Crippen LogP) is 1.66. The van der Waals surface area contributed by atoms with Crippen LogP contribution in [-0.4, -0.2) is 83.8 Å². The number of benzene rings is 1. The van der Waals surface area contributed by atoms with E-state index < -0.39 is 0 Å². The molecule has 2 aliphatic rings. The fourth-order valence-electron chi connectivity index (χ4n) is 3.44. The summed E-state index contributed by atoms with van der Waals surface area (Å²) in [7, 11) is 1.61. The van der Waals surface area contributed by atoms with E-state index in [2.05, 4.69) is 4.90 Å². The van der Waals surface area contributed by atoms with Crippen molar-refractivity contribution < 1.29 is 14.4 Å². The van der Waals surface area contributed by atoms with Crippen molar-refractivity contribution in [1.29, 1.82) is 0 Å². The average Bonchev–Trinajstić information content (AvgIpc) is 2.90. The van der Waals surface area contributed by atoms with Gasteiger partial charge in [0.05, 0.1) is 0 Å². The number of urea groups is 1. The molecule has 4 amide bonds. The van der Waals surface area contributed by atoms with E-state index >= 15 is 0 Å². The van der Waals surface area contributed by atoms with Gasteiger partial charge >= 0.3 is 6.03 Å². The van der Waals surface area contributed by atoms with Gasteiger partial charge in [0.1, 0.15) is 6.54 Å². The predicted molar refractivity (Wildman–Crippen MR) is 102 cm³/mol. The summed E-state index contributed by atoms with van der Waals surface area (Å²) < 4.78 is 0. The Morgan fingerprint density at radius 2 is 1.74 bits per heavy atom. The van der Waals surface area contributed by atoms with E-state index in [4.69, 9.17) is 11.6 Å². The second-order valence-corrected chi connectivity index (χ2v) is 7.51. The number of carbonyl (C=O) groups is 3. The summed E-state index contributed by atoms with van der Waals surface area (Å²) in [6.07, 6.45) is 0.868. The number of rotatable bonds is 6. The van der Waals surface area contributed by atoms with Crippen molar-refractivity contribution in [3.8, 4) is 0 Å². The highest BCUT2D eigenvalue weighted by Crippen LogP contribution is 2.14. The molecule has 146 valence electrons. The van der Waals surface area contributed by atoms with Gasteiger partial charge in [0.2, 0.25) is 11.8 Å². The van der Waals surface area contributed by atoms with Crippen molar-refractivity contribution in [2.75, 3.05) is 46.3 Å². The van der Waals surface area contributed by atoms with Gasteiger partial charge in [-0.2, -0.15) is 0 Å². The Morgan fingerprint density at radius 3 is 2.33 bits per heavy atom. The number of carbonyl (C=O) groups excluding carboxylic acids is 3. The lowest BCUT2D eigenvalue weighted by molar-refractivity contribution is -0.133. The van der Waals surface area contributed by atoms with Crippen LogP contribution in [0.5, 0.6) is 0 Å². The lowest BCUT2D eigenvalue weighted by Gasteiger charge is -2.35. The number of likely N-dealkylation sites (N-methyl/N-ethyl adjacent to an activating group) is 1. The number of imide groups is 1. The Labute approximate surface area is 164 Å². The van der Waals surface area contributed by atoms with Crippen LogP contribution < -0.4 is 0 Å². The van der Waals surface area contributed by atoms with Crippen LogP contribution in [0, 0.1) is 0 Å². The second-order valence-electron chi connectivity index (χ2n) is 7.07. The standard InChI is InChI=1S/C19H25ClN4O3/c1-21-14-18(26)24(19(21)27)8-2-3-17(25)23-11-9-22(10-12-23)13-15-4-6-16(20)7-5-15/h4-7H,2-3,8-14H2,1H3. The maximum Gasteiger partial charge on any atom is 0.326 e. The Balaban J connectivity index is 1.38. The van der Waals surface area contributed by atoms with Crippen molar-refractivity contribution >= 4 is 29.4 Å². The zero-order chi connectivity index (χ0) is 19.4. The molecule has 2 fully saturated rings. The third-order valence-electron chi connectivity index (χ3n) is 5.05. The van der Waals surface area contributed by atoms with Crippen LogP contribution in [0.2, 0.25) is 5.02 Å². The van der Waals surface area contributed by atoms with E-state index in [-0.39, 0.29) is 24.4 Å². The smallest absolute Gasteiger partial charge is 0.326 e. The molecule has 0 unspecified atom stereocenters. The zero-order valence-electron chi connectivity index (χ0n) is 15.6. The van der Waals surface area contributed by atoms with Gasteiger partial charge < -0.3 is 9.80 Å². The summed E-state index contributed by atoms with van der Waals surface area (Å²) in [6, 6.07) is 7.56. The maximum absolute atomic E-state index is 12.4. The van der Waals surface area contributed by atoms with Gasteiger partial charge in [0, 0.05) is 57.8 Å². The van der Waals surface area contributed by atoms with Crippen LogP contribution in [0.15, 0.2) is 24.3 Å². The first-order chi connectivity index (χ1) is 12.9. The van der Waals surface area contributed by atoms with Crippen LogP contribution >= 0.6 is 11.6 Å². The van der Waals surface area contributed by atoms with Gasteiger partial charge in [-0.15, -0.1) is 0 Å². The van der Waals surface area contributed by atoms with Gasteiger partial charge in [0.15, 0.2) is 0 Å². The molecule has 1 aromatic carbocycles. The molecule has 0 radical (unpaired) electrons. The molecular formula is C19H25ClN4O3. The second kappa shape index (κ2) is 8.71. The molecule has 2 aliphatic heterocycles. The first-order valence-electron chi connectivity index (χ1n) is 9.24. The topological polar surface area (TPSA) is 64.2 Å². The molecule has 1 aromatic rings. The summed E-state index contributed by atoms with van der Waals surface area (Å²) in [6.45, 7) is 4.37. The molecule has 0 spiro atoms. The zero-order valence-corrected chi connectivity index (χ0v) is 16.3. The molecule has 8 heteroatoms. The van der Waals surface area contributed by atoms with E-state index in [1.807, 2.05) is 29.2 Å². The summed E-state index contributed by atoms with van der Waals surface area (Å²) in [4.78, 5) is 42.8. The average molecular weight is 393 g/mol. The highest BCUT2D eigenvalue weighted by Gasteiger charge is 2.33. The Bertz CT molecular complexity index is 701. The molecule has 7 nitrogen and oxygen atoms in total. The van der Waals surface area contributed by atoms with Gasteiger partial charge in [-0.25, -0.2) is 4.79 Å². The monoisotopic (exact) mass is 392 g/mol. The lowest BCUT2D eigenvalue weighted by atomic mass is 10.2. The van der Waals surface area contributed by atoms with E-state index in [1.165, 1.54) is 15.4 Å². The normalized spacial score (nSPS) is 18.5. The van der Waals surface area contributed by atoms with Gasteiger partial charge in [-0.1, -0.05) is 23.7 Å². The van der Waals surface area contributed by atoms with E-state index in [9.17, 15) is 14.4 Å². The molecule has 0 bridgehead atoms. The first-order valence-corrected chi connectivity index (χ1v) is 9.62. The fraction of sp³-hybridized carbons (Fsp3) is 0.526. The molecule has 0 N–H and O–H groups in total. The summed E-state index contributed by atoms with van der Waals surface area (Å²) in [5.74, 6) is -0.0978. The Kier molecular flexibility index (Phi) is 6.34. The Morgan fingerprint density at radius 1 is 1.07 bits per heavy atom. The SMILES string of the molecule is CN1CC(=O)N(CCCC(=O)N2CCN(Cc3ccc(Cl)cc3)CC2)C1=O. The van der Waals surface area contributed by atoms with Crippen LogP contribution in [0.1, 0.15) is 18.4 Å². The minimum absolute atomic E-state index is 0.0913. The molecule has 3 rings (SSSR count). The highest BCUT2D eigenvalue weighted by atomic mass is 35.5. The minimum atomic E-state index is -0.275. The van der Waals surface area contributed by atoms with Crippen molar-refractivity contribution in [2.24, 2.45) is 0 Å². The molecule has 27 heavy (non-hydrogen) atoms. The lowest BCUT2D eigenvalue weighted by Crippen LogP contribution is -2.48. The van der Waals surface area contributed by atoms with Crippen molar-refractivity contribution in [2.45, 2.75) is 19.4 Å². The van der Waals surface area contributed by atoms with E-state index in [1.54, 1.807) is 7.05 Å². The minimum Gasteiger partial charge on any atom is -0.340 e. The fourth-order valence-corrected chi connectivity index (χ4v) is 3.56. The third-order valence-corrected chi connectivity index (χ3v) is 5.30. The van der Waals surface area contributed by atoms with E-state index in [0.29, 0.717) is 32.5 Å². The molecule has 2 heterocycles. The molecule has 0 saturated carbocycles. The maximum atomic E-state index is 12.4. The van der Waals surface area contributed by atoms with Gasteiger partial charge in [0.25, 0.3) is 0 Å². The quantitative estimate of drug-likeness (QED) is 0.691. The van der Waals surface area contributed by atoms with Crippen LogP contribution in [0.25, 0.3) is 0 Å². The highest BCUT2D eigenvalue weighted by molar-refractivity contribution is 6.30. The van der Waals surface area contributed by atoms with Crippen molar-refractivity contribution in [3.63, 3.8) is 0 Å². The van der Waals surface area contributed by atoms with Crippen LogP contribution in [-0.2, 0) is 16.1 Å². The Hall–Kier alpha value is -2.12. The largest absolute Gasteiger partial charge is 0.340 e. The van der Waals surface area contributed by atoms with Crippen molar-refractivity contribution in [1.82, 2.24) is 19.6 Å². The number of piperazine rings is 1. The number of hydrogen-bond donors (Lipinski definition) is 0. The molecular weight excluding hydrogens is 368 g/mol. The third kappa shape index (κ3) is 4.99. The van der Waals surface area contributed by atoms with Gasteiger partial charge in [-0.05, 0) is 24.1 Å². The number of hydrogen-bond acceptors (Lipinski definition) is 4. The van der Waals surface area contributed by atoms with Gasteiger partial charge in [-0.3, -0.25) is 19.4 Å². The molecule has 0 atom stereocenters. The number of halogens is 1. The molecule has 2 saturated heterocycles. The van der Waals surface area contributed by atoms with Crippen LogP contribution in [0.3, 0.4) is 0 Å². The van der Waals surface area contributed by atoms with Crippen molar-refractivity contribution in [3.05, 3.63) is 34.9 Å².